The molecule has 5 unspecified atom stereocenters. The molecule has 14 heteroatoms. The Bertz CT molecular complexity index is 1660. The molecule has 3 amide bonds. The molecule has 2 aromatic rings. The van der Waals surface area contributed by atoms with E-state index in [1.165, 1.54) is 5.01 Å². The van der Waals surface area contributed by atoms with Crippen molar-refractivity contribution in [3.8, 4) is 0 Å². The van der Waals surface area contributed by atoms with Crippen LogP contribution in [0.25, 0.3) is 16.8 Å². The Hall–Kier alpha value is -4.40. The van der Waals surface area contributed by atoms with Crippen LogP contribution in [0.15, 0.2) is 41.7 Å². The molecule has 0 saturated carbocycles. The quantitative estimate of drug-likeness (QED) is 0.158. The normalized spacial score (nSPS) is 25.9. The van der Waals surface area contributed by atoms with E-state index in [2.05, 4.69) is 31.1 Å². The Morgan fingerprint density at radius 3 is 2.57 bits per heavy atom. The van der Waals surface area contributed by atoms with Crippen LogP contribution < -0.4 is 16.1 Å². The molecule has 0 spiro atoms. The SMILES string of the molecule is CC(CCC1CC=Cc2cc3cc(ccc3cn2)C(C)NC(=O)C2CCCN(N2)C(=O)C(C)NC(=O)C(C(C)C)OC1=O)=NOCCN1CCOCC1. The van der Waals surface area contributed by atoms with Gasteiger partial charge >= 0.3 is 5.97 Å². The van der Waals surface area contributed by atoms with Crippen LogP contribution in [0.1, 0.15) is 84.0 Å². The maximum atomic E-state index is 13.8. The van der Waals surface area contributed by atoms with Crippen molar-refractivity contribution in [1.29, 1.82) is 0 Å². The summed E-state index contributed by atoms with van der Waals surface area (Å²) < 4.78 is 11.3. The number of nitrogens with zero attached hydrogens (tertiary/aromatic N) is 4. The van der Waals surface area contributed by atoms with E-state index in [1.807, 2.05) is 50.3 Å². The number of hydrazine groups is 1. The number of hydrogen-bond donors (Lipinski definition) is 3. The number of amides is 3. The molecule has 5 atom stereocenters. The van der Waals surface area contributed by atoms with E-state index >= 15 is 0 Å². The smallest absolute Gasteiger partial charge is 0.310 e. The number of carbonyl (C=O) groups is 4. The third-order valence-electron chi connectivity index (χ3n) is 9.95. The zero-order chi connectivity index (χ0) is 37.9. The van der Waals surface area contributed by atoms with Crippen molar-refractivity contribution < 1.29 is 33.5 Å². The first kappa shape index (κ1) is 39.8. The van der Waals surface area contributed by atoms with Crippen molar-refractivity contribution in [3.63, 3.8) is 0 Å². The van der Waals surface area contributed by atoms with Gasteiger partial charge < -0.3 is 24.9 Å². The highest BCUT2D eigenvalue weighted by atomic mass is 16.6. The van der Waals surface area contributed by atoms with E-state index in [4.69, 9.17) is 14.3 Å². The molecular weight excluding hydrogens is 678 g/mol. The molecule has 0 aliphatic carbocycles. The van der Waals surface area contributed by atoms with E-state index in [0.717, 1.165) is 60.6 Å². The molecule has 3 aliphatic heterocycles. The summed E-state index contributed by atoms with van der Waals surface area (Å²) in [5.74, 6) is -2.61. The highest BCUT2D eigenvalue weighted by Gasteiger charge is 2.35. The highest BCUT2D eigenvalue weighted by Crippen LogP contribution is 2.23. The van der Waals surface area contributed by atoms with Gasteiger partial charge in [0.2, 0.25) is 5.91 Å². The van der Waals surface area contributed by atoms with Gasteiger partial charge in [-0.3, -0.25) is 34.1 Å². The Labute approximate surface area is 312 Å². The predicted octanol–water partition coefficient (Wildman–Crippen LogP) is 3.52. The van der Waals surface area contributed by atoms with Crippen LogP contribution in [0.4, 0.5) is 0 Å². The molecule has 3 aliphatic rings. The third kappa shape index (κ3) is 11.3. The van der Waals surface area contributed by atoms with Gasteiger partial charge in [0.25, 0.3) is 11.8 Å². The number of oxime groups is 1. The lowest BCUT2D eigenvalue weighted by atomic mass is 9.97. The Kier molecular flexibility index (Phi) is 14.3. The molecule has 0 radical (unpaired) electrons. The molecule has 5 bridgehead atoms. The van der Waals surface area contributed by atoms with Crippen LogP contribution in [-0.4, -0.2) is 108 Å². The first-order valence-electron chi connectivity index (χ1n) is 18.9. The van der Waals surface area contributed by atoms with Crippen LogP contribution in [0, 0.1) is 11.8 Å². The van der Waals surface area contributed by atoms with E-state index in [9.17, 15) is 19.2 Å². The zero-order valence-electron chi connectivity index (χ0n) is 31.6. The highest BCUT2D eigenvalue weighted by molar-refractivity contribution is 5.91. The standard InChI is InChI=1S/C39H55N7O7/c1-25(2)35-37(48)42-28(5)38(49)46-15-7-10-34(43-46)36(47)41-27(4)30-13-14-31-24-40-33(23-32(31)22-30)9-6-8-29(39(50)53-35)12-11-26(3)44-52-21-18-45-16-19-51-20-17-45/h6,9,13-14,22-25,27-29,34-35,43H,7-8,10-12,15-21H2,1-5H3,(H,41,47)(H,42,48). The minimum Gasteiger partial charge on any atom is -0.452 e. The number of hydrogen-bond acceptors (Lipinski definition) is 11. The van der Waals surface area contributed by atoms with Crippen molar-refractivity contribution in [3.05, 3.63) is 47.8 Å². The summed E-state index contributed by atoms with van der Waals surface area (Å²) in [4.78, 5) is 66.6. The largest absolute Gasteiger partial charge is 0.452 e. The van der Waals surface area contributed by atoms with Crippen LogP contribution in [0.3, 0.4) is 0 Å². The van der Waals surface area contributed by atoms with E-state index in [1.54, 1.807) is 27.0 Å². The van der Waals surface area contributed by atoms with Gasteiger partial charge in [0, 0.05) is 37.8 Å². The molecule has 1 aromatic carbocycles. The number of benzene rings is 1. The van der Waals surface area contributed by atoms with Gasteiger partial charge in [-0.15, -0.1) is 0 Å². The second kappa shape index (κ2) is 19.1. The summed E-state index contributed by atoms with van der Waals surface area (Å²) in [5.41, 5.74) is 5.46. The summed E-state index contributed by atoms with van der Waals surface area (Å²) in [6.45, 7) is 13.8. The number of nitrogens with one attached hydrogen (secondary N) is 3. The number of allylic oxidation sites excluding steroid dienone is 1. The third-order valence-corrected chi connectivity index (χ3v) is 9.95. The number of pyridine rings is 1. The fourth-order valence-corrected chi connectivity index (χ4v) is 6.64. The number of carbonyl (C=O) groups excluding carboxylic acids is 4. The lowest BCUT2D eigenvalue weighted by Crippen LogP contribution is -2.61. The summed E-state index contributed by atoms with van der Waals surface area (Å²) in [6, 6.07) is 6.13. The number of morpholine rings is 1. The van der Waals surface area contributed by atoms with Crippen LogP contribution in [-0.2, 0) is 33.5 Å². The molecule has 2 fully saturated rings. The van der Waals surface area contributed by atoms with Crippen LogP contribution in [0.2, 0.25) is 0 Å². The second-order valence-corrected chi connectivity index (χ2v) is 14.6. The van der Waals surface area contributed by atoms with Gasteiger partial charge in [0.05, 0.1) is 36.6 Å². The number of ether oxygens (including phenoxy) is 2. The number of cyclic esters (lactones) is 1. The maximum absolute atomic E-state index is 13.8. The minimum absolute atomic E-state index is 0.216. The van der Waals surface area contributed by atoms with Gasteiger partial charge in [-0.2, -0.15) is 0 Å². The topological polar surface area (TPSA) is 164 Å². The fraction of sp³-hybridized carbons (Fsp3) is 0.590. The summed E-state index contributed by atoms with van der Waals surface area (Å²) in [7, 11) is 0. The minimum atomic E-state index is -1.12. The Morgan fingerprint density at radius 2 is 1.79 bits per heavy atom. The first-order chi connectivity index (χ1) is 25.5. The van der Waals surface area contributed by atoms with Crippen LogP contribution in [0.5, 0.6) is 0 Å². The summed E-state index contributed by atoms with van der Waals surface area (Å²) >= 11 is 0. The first-order valence-corrected chi connectivity index (χ1v) is 18.9. The molecule has 5 rings (SSSR count). The fourth-order valence-electron chi connectivity index (χ4n) is 6.64. The van der Waals surface area contributed by atoms with Crippen molar-refractivity contribution in [2.24, 2.45) is 17.0 Å². The van der Waals surface area contributed by atoms with Crippen LogP contribution >= 0.6 is 0 Å². The van der Waals surface area contributed by atoms with Crippen molar-refractivity contribution in [2.45, 2.75) is 91.0 Å². The number of fused-ring (bicyclic) bond motifs is 4. The average molecular weight is 734 g/mol. The molecule has 53 heavy (non-hydrogen) atoms. The summed E-state index contributed by atoms with van der Waals surface area (Å²) in [5, 5.41) is 13.4. The lowest BCUT2D eigenvalue weighted by Gasteiger charge is -2.35. The Balaban J connectivity index is 1.36. The monoisotopic (exact) mass is 733 g/mol. The van der Waals surface area contributed by atoms with E-state index < -0.39 is 36.0 Å². The number of aromatic nitrogens is 1. The molecule has 288 valence electrons. The second-order valence-electron chi connectivity index (χ2n) is 14.6. The van der Waals surface area contributed by atoms with Crippen molar-refractivity contribution in [2.75, 3.05) is 46.0 Å². The van der Waals surface area contributed by atoms with E-state index in [-0.39, 0.29) is 23.8 Å². The van der Waals surface area contributed by atoms with E-state index in [0.29, 0.717) is 45.3 Å². The number of rotatable bonds is 8. The van der Waals surface area contributed by atoms with Gasteiger partial charge in [-0.05, 0) is 88.0 Å². The Morgan fingerprint density at radius 1 is 1.02 bits per heavy atom. The molecular formula is C39H55N7O7. The van der Waals surface area contributed by atoms with Gasteiger partial charge in [-0.1, -0.05) is 37.2 Å². The molecule has 2 saturated heterocycles. The average Bonchev–Trinajstić information content (AvgIpc) is 3.15. The maximum Gasteiger partial charge on any atom is 0.310 e. The van der Waals surface area contributed by atoms with Crippen molar-refractivity contribution in [1.82, 2.24) is 31.0 Å². The van der Waals surface area contributed by atoms with Gasteiger partial charge in [0.1, 0.15) is 18.7 Å². The van der Waals surface area contributed by atoms with Gasteiger partial charge in [0.15, 0.2) is 6.10 Å². The number of esters is 1. The molecule has 3 N–H and O–H groups in total. The molecule has 1 aromatic heterocycles. The van der Waals surface area contributed by atoms with Crippen molar-refractivity contribution >= 4 is 46.3 Å². The molecule has 14 nitrogen and oxygen atoms in total. The lowest BCUT2D eigenvalue weighted by molar-refractivity contribution is -0.163. The van der Waals surface area contributed by atoms with Gasteiger partial charge in [-0.25, -0.2) is 5.43 Å². The molecule has 4 heterocycles. The summed E-state index contributed by atoms with van der Waals surface area (Å²) in [6.07, 6.45) is 6.88. The predicted molar refractivity (Wildman–Crippen MR) is 201 cm³/mol. The zero-order valence-corrected chi connectivity index (χ0v) is 31.6.